The molecule has 0 amide bonds. The predicted molar refractivity (Wildman–Crippen MR) is 50.0 cm³/mol. The zero-order valence-corrected chi connectivity index (χ0v) is 7.84. The first kappa shape index (κ1) is 9.33. The van der Waals surface area contributed by atoms with Gasteiger partial charge in [0.2, 0.25) is 0 Å². The standard InChI is InChI=1S/C10H17NO/c1-3-5-10(11-4-2)9-6-7-12-8-9/h6-8,10-11H,3-5H2,1-2H3. The molecule has 1 aromatic rings. The van der Waals surface area contributed by atoms with Gasteiger partial charge in [0.05, 0.1) is 12.5 Å². The van der Waals surface area contributed by atoms with Gasteiger partial charge >= 0.3 is 0 Å². The van der Waals surface area contributed by atoms with Gasteiger partial charge in [-0.15, -0.1) is 0 Å². The van der Waals surface area contributed by atoms with Crippen LogP contribution in [0.4, 0.5) is 0 Å². The smallest absolute Gasteiger partial charge is 0.0950 e. The number of furan rings is 1. The SMILES string of the molecule is CCCC(NCC)c1ccoc1. The van der Waals surface area contributed by atoms with Crippen molar-refractivity contribution in [3.05, 3.63) is 24.2 Å². The summed E-state index contributed by atoms with van der Waals surface area (Å²) in [5.74, 6) is 0. The van der Waals surface area contributed by atoms with E-state index in [1.165, 1.54) is 18.4 Å². The normalized spacial score (nSPS) is 13.2. The molecule has 2 heteroatoms. The number of hydrogen-bond donors (Lipinski definition) is 1. The zero-order chi connectivity index (χ0) is 8.81. The average molecular weight is 167 g/mol. The van der Waals surface area contributed by atoms with Gasteiger partial charge in [-0.25, -0.2) is 0 Å². The molecule has 0 saturated carbocycles. The van der Waals surface area contributed by atoms with Crippen molar-refractivity contribution in [3.63, 3.8) is 0 Å². The van der Waals surface area contributed by atoms with E-state index in [1.807, 2.05) is 12.3 Å². The number of nitrogens with one attached hydrogen (secondary N) is 1. The van der Waals surface area contributed by atoms with Gasteiger partial charge in [0.1, 0.15) is 0 Å². The van der Waals surface area contributed by atoms with Gasteiger partial charge in [-0.05, 0) is 19.0 Å². The third-order valence-electron chi connectivity index (χ3n) is 1.97. The van der Waals surface area contributed by atoms with E-state index < -0.39 is 0 Å². The predicted octanol–water partition coefficient (Wildman–Crippen LogP) is 2.73. The number of hydrogen-bond acceptors (Lipinski definition) is 2. The van der Waals surface area contributed by atoms with Crippen molar-refractivity contribution < 1.29 is 4.42 Å². The summed E-state index contributed by atoms with van der Waals surface area (Å²) in [6, 6.07) is 2.50. The highest BCUT2D eigenvalue weighted by atomic mass is 16.3. The molecule has 68 valence electrons. The fraction of sp³-hybridized carbons (Fsp3) is 0.600. The molecule has 12 heavy (non-hydrogen) atoms. The van der Waals surface area contributed by atoms with Crippen molar-refractivity contribution in [2.45, 2.75) is 32.7 Å². The molecule has 0 bridgehead atoms. The summed E-state index contributed by atoms with van der Waals surface area (Å²) in [5.41, 5.74) is 1.26. The summed E-state index contributed by atoms with van der Waals surface area (Å²) in [4.78, 5) is 0. The molecule has 0 radical (unpaired) electrons. The maximum absolute atomic E-state index is 5.05. The second-order valence-electron chi connectivity index (χ2n) is 2.96. The van der Waals surface area contributed by atoms with E-state index in [9.17, 15) is 0 Å². The van der Waals surface area contributed by atoms with Gasteiger partial charge in [0.25, 0.3) is 0 Å². The molecule has 1 unspecified atom stereocenters. The van der Waals surface area contributed by atoms with Crippen LogP contribution in [0, 0.1) is 0 Å². The minimum atomic E-state index is 0.471. The second kappa shape index (κ2) is 4.99. The molecule has 0 aromatic carbocycles. The lowest BCUT2D eigenvalue weighted by Crippen LogP contribution is -2.19. The van der Waals surface area contributed by atoms with Crippen LogP contribution in [-0.4, -0.2) is 6.54 Å². The van der Waals surface area contributed by atoms with Gasteiger partial charge in [-0.1, -0.05) is 20.3 Å². The third-order valence-corrected chi connectivity index (χ3v) is 1.97. The first-order chi connectivity index (χ1) is 5.88. The van der Waals surface area contributed by atoms with Crippen LogP contribution in [-0.2, 0) is 0 Å². The molecule has 1 aromatic heterocycles. The van der Waals surface area contributed by atoms with Gasteiger partial charge < -0.3 is 9.73 Å². The molecule has 1 atom stereocenters. The van der Waals surface area contributed by atoms with E-state index in [-0.39, 0.29) is 0 Å². The van der Waals surface area contributed by atoms with E-state index in [4.69, 9.17) is 4.42 Å². The molecule has 0 aliphatic carbocycles. The Morgan fingerprint density at radius 2 is 2.33 bits per heavy atom. The van der Waals surface area contributed by atoms with E-state index in [1.54, 1.807) is 6.26 Å². The Balaban J connectivity index is 2.53. The lowest BCUT2D eigenvalue weighted by molar-refractivity contribution is 0.496. The average Bonchev–Trinajstić information content (AvgIpc) is 2.56. The van der Waals surface area contributed by atoms with Crippen molar-refractivity contribution in [2.24, 2.45) is 0 Å². The van der Waals surface area contributed by atoms with E-state index in [0.717, 1.165) is 6.54 Å². The molecule has 0 aliphatic heterocycles. The third kappa shape index (κ3) is 2.38. The van der Waals surface area contributed by atoms with Gasteiger partial charge in [0.15, 0.2) is 0 Å². The zero-order valence-electron chi connectivity index (χ0n) is 7.84. The van der Waals surface area contributed by atoms with Crippen LogP contribution in [0.25, 0.3) is 0 Å². The van der Waals surface area contributed by atoms with Crippen LogP contribution >= 0.6 is 0 Å². The second-order valence-corrected chi connectivity index (χ2v) is 2.96. The maximum Gasteiger partial charge on any atom is 0.0950 e. The summed E-state index contributed by atoms with van der Waals surface area (Å²) in [6.45, 7) is 5.34. The Hall–Kier alpha value is -0.760. The van der Waals surface area contributed by atoms with Crippen LogP contribution < -0.4 is 5.32 Å². The molecule has 0 saturated heterocycles. The lowest BCUT2D eigenvalue weighted by atomic mass is 10.1. The quantitative estimate of drug-likeness (QED) is 0.729. The van der Waals surface area contributed by atoms with Crippen molar-refractivity contribution >= 4 is 0 Å². The Kier molecular flexibility index (Phi) is 3.88. The highest BCUT2D eigenvalue weighted by Crippen LogP contribution is 2.18. The fourth-order valence-electron chi connectivity index (χ4n) is 1.39. The summed E-state index contributed by atoms with van der Waals surface area (Å²) < 4.78 is 5.05. The summed E-state index contributed by atoms with van der Waals surface area (Å²) in [7, 11) is 0. The summed E-state index contributed by atoms with van der Waals surface area (Å²) >= 11 is 0. The highest BCUT2D eigenvalue weighted by molar-refractivity contribution is 5.11. The van der Waals surface area contributed by atoms with Crippen LogP contribution in [0.1, 0.15) is 38.3 Å². The summed E-state index contributed by atoms with van der Waals surface area (Å²) in [5, 5.41) is 3.43. The lowest BCUT2D eigenvalue weighted by Gasteiger charge is -2.14. The highest BCUT2D eigenvalue weighted by Gasteiger charge is 2.08. The largest absolute Gasteiger partial charge is 0.472 e. The van der Waals surface area contributed by atoms with E-state index >= 15 is 0 Å². The molecule has 1 rings (SSSR count). The first-order valence-corrected chi connectivity index (χ1v) is 4.64. The van der Waals surface area contributed by atoms with Crippen LogP contribution in [0.15, 0.2) is 23.0 Å². The van der Waals surface area contributed by atoms with Crippen molar-refractivity contribution in [3.8, 4) is 0 Å². The molecular formula is C10H17NO. The Bertz CT molecular complexity index is 188. The molecular weight excluding hydrogens is 150 g/mol. The van der Waals surface area contributed by atoms with Gasteiger partial charge in [0, 0.05) is 11.6 Å². The van der Waals surface area contributed by atoms with Gasteiger partial charge in [-0.3, -0.25) is 0 Å². The van der Waals surface area contributed by atoms with Crippen molar-refractivity contribution in [1.29, 1.82) is 0 Å². The van der Waals surface area contributed by atoms with Crippen molar-refractivity contribution in [1.82, 2.24) is 5.32 Å². The van der Waals surface area contributed by atoms with Crippen molar-refractivity contribution in [2.75, 3.05) is 6.54 Å². The molecule has 0 aliphatic rings. The topological polar surface area (TPSA) is 25.2 Å². The van der Waals surface area contributed by atoms with Crippen LogP contribution in [0.2, 0.25) is 0 Å². The Labute approximate surface area is 74.0 Å². The monoisotopic (exact) mass is 167 g/mol. The minimum Gasteiger partial charge on any atom is -0.472 e. The molecule has 2 nitrogen and oxygen atoms in total. The van der Waals surface area contributed by atoms with E-state index in [0.29, 0.717) is 6.04 Å². The van der Waals surface area contributed by atoms with E-state index in [2.05, 4.69) is 19.2 Å². The Morgan fingerprint density at radius 1 is 1.50 bits per heavy atom. The fourth-order valence-corrected chi connectivity index (χ4v) is 1.39. The van der Waals surface area contributed by atoms with Gasteiger partial charge in [-0.2, -0.15) is 0 Å². The maximum atomic E-state index is 5.05. The summed E-state index contributed by atoms with van der Waals surface area (Å²) in [6.07, 6.45) is 5.93. The molecule has 0 fully saturated rings. The Morgan fingerprint density at radius 3 is 2.83 bits per heavy atom. The molecule has 0 spiro atoms. The van der Waals surface area contributed by atoms with Crippen LogP contribution in [0.3, 0.4) is 0 Å². The minimum absolute atomic E-state index is 0.471. The molecule has 1 N–H and O–H groups in total. The first-order valence-electron chi connectivity index (χ1n) is 4.64. The number of rotatable bonds is 5. The molecule has 1 heterocycles. The van der Waals surface area contributed by atoms with Crippen LogP contribution in [0.5, 0.6) is 0 Å².